The van der Waals surface area contributed by atoms with Crippen LogP contribution >= 0.6 is 0 Å². The van der Waals surface area contributed by atoms with E-state index in [0.29, 0.717) is 5.69 Å². The first-order valence-electron chi connectivity index (χ1n) is 3.14. The van der Waals surface area contributed by atoms with Crippen LogP contribution in [0.5, 0.6) is 0 Å². The number of hydrogen-bond donors (Lipinski definition) is 3. The summed E-state index contributed by atoms with van der Waals surface area (Å²) in [6.07, 6.45) is 2.93. The quantitative estimate of drug-likeness (QED) is 0.562. The third-order valence-corrected chi connectivity index (χ3v) is 1.37. The van der Waals surface area contributed by atoms with E-state index >= 15 is 0 Å². The first-order chi connectivity index (χ1) is 5.25. The van der Waals surface area contributed by atoms with Gasteiger partial charge in [0.25, 0.3) is 0 Å². The van der Waals surface area contributed by atoms with Crippen molar-refractivity contribution in [2.75, 3.05) is 7.05 Å². The molecule has 5 heteroatoms. The van der Waals surface area contributed by atoms with Crippen LogP contribution in [0.1, 0.15) is 11.7 Å². The number of H-pyrrole nitrogens is 1. The monoisotopic (exact) mass is 155 g/mol. The van der Waals surface area contributed by atoms with E-state index in [9.17, 15) is 4.79 Å². The Hall–Kier alpha value is -1.36. The van der Waals surface area contributed by atoms with Crippen LogP contribution in [0.2, 0.25) is 0 Å². The maximum atomic E-state index is 10.5. The third kappa shape index (κ3) is 1.56. The van der Waals surface area contributed by atoms with Gasteiger partial charge < -0.3 is 15.4 Å². The van der Waals surface area contributed by atoms with Gasteiger partial charge in [-0.3, -0.25) is 4.79 Å². The van der Waals surface area contributed by atoms with Crippen LogP contribution in [0.15, 0.2) is 12.5 Å². The van der Waals surface area contributed by atoms with Crippen molar-refractivity contribution in [2.45, 2.75) is 6.04 Å². The molecule has 0 spiro atoms. The zero-order valence-electron chi connectivity index (χ0n) is 6.03. The molecule has 3 N–H and O–H groups in total. The number of rotatable bonds is 3. The Labute approximate surface area is 63.5 Å². The standard InChI is InChI=1S/C6H9N3O2/c1-7-5(6(10)11)4-2-8-3-9-4/h2-3,5,7H,1H3,(H,8,9)(H,10,11)/t5-/m0/s1. The number of carboxylic acid groups (broad SMARTS) is 1. The molecule has 60 valence electrons. The summed E-state index contributed by atoms with van der Waals surface area (Å²) in [5.41, 5.74) is 0.556. The van der Waals surface area contributed by atoms with Crippen molar-refractivity contribution in [3.8, 4) is 0 Å². The average molecular weight is 155 g/mol. The summed E-state index contributed by atoms with van der Waals surface area (Å²) in [7, 11) is 1.58. The number of likely N-dealkylation sites (N-methyl/N-ethyl adjacent to an activating group) is 1. The highest BCUT2D eigenvalue weighted by Crippen LogP contribution is 2.06. The number of aromatic nitrogens is 2. The first kappa shape index (κ1) is 7.74. The predicted octanol–water partition coefficient (Wildman–Crippen LogP) is -0.245. The molecule has 1 aromatic rings. The molecule has 0 fully saturated rings. The summed E-state index contributed by atoms with van der Waals surface area (Å²) in [5, 5.41) is 11.3. The summed E-state index contributed by atoms with van der Waals surface area (Å²) < 4.78 is 0. The number of imidazole rings is 1. The first-order valence-corrected chi connectivity index (χ1v) is 3.14. The van der Waals surface area contributed by atoms with E-state index in [1.807, 2.05) is 0 Å². The van der Waals surface area contributed by atoms with Gasteiger partial charge in [0.1, 0.15) is 6.04 Å². The molecular weight excluding hydrogens is 146 g/mol. The number of aromatic amines is 1. The van der Waals surface area contributed by atoms with Crippen LogP contribution in [-0.2, 0) is 4.79 Å². The number of carbonyl (C=O) groups is 1. The summed E-state index contributed by atoms with van der Waals surface area (Å²) >= 11 is 0. The van der Waals surface area contributed by atoms with Crippen LogP contribution < -0.4 is 5.32 Å². The summed E-state index contributed by atoms with van der Waals surface area (Å²) in [6.45, 7) is 0. The van der Waals surface area contributed by atoms with Gasteiger partial charge in [-0.1, -0.05) is 0 Å². The minimum Gasteiger partial charge on any atom is -0.480 e. The van der Waals surface area contributed by atoms with Crippen molar-refractivity contribution in [2.24, 2.45) is 0 Å². The second-order valence-corrected chi connectivity index (χ2v) is 2.07. The molecule has 0 saturated carbocycles. The Balaban J connectivity index is 2.79. The number of carboxylic acids is 1. The maximum Gasteiger partial charge on any atom is 0.326 e. The molecule has 1 atom stereocenters. The van der Waals surface area contributed by atoms with Gasteiger partial charge in [0, 0.05) is 0 Å². The van der Waals surface area contributed by atoms with Gasteiger partial charge in [-0.05, 0) is 7.05 Å². The van der Waals surface area contributed by atoms with Gasteiger partial charge in [-0.2, -0.15) is 0 Å². The lowest BCUT2D eigenvalue weighted by Gasteiger charge is -2.06. The highest BCUT2D eigenvalue weighted by atomic mass is 16.4. The zero-order valence-corrected chi connectivity index (χ0v) is 6.03. The Morgan fingerprint density at radius 1 is 1.91 bits per heavy atom. The Morgan fingerprint density at radius 2 is 2.64 bits per heavy atom. The largest absolute Gasteiger partial charge is 0.480 e. The van der Waals surface area contributed by atoms with Crippen LogP contribution in [0.25, 0.3) is 0 Å². The van der Waals surface area contributed by atoms with Gasteiger partial charge in [0.05, 0.1) is 18.2 Å². The fraction of sp³-hybridized carbons (Fsp3) is 0.333. The second-order valence-electron chi connectivity index (χ2n) is 2.07. The minimum absolute atomic E-state index is 0.556. The van der Waals surface area contributed by atoms with Crippen LogP contribution in [0.4, 0.5) is 0 Å². The van der Waals surface area contributed by atoms with Gasteiger partial charge in [0.2, 0.25) is 0 Å². The van der Waals surface area contributed by atoms with Crippen molar-refractivity contribution in [1.82, 2.24) is 15.3 Å². The molecule has 11 heavy (non-hydrogen) atoms. The topological polar surface area (TPSA) is 78.0 Å². The lowest BCUT2D eigenvalue weighted by Crippen LogP contribution is -2.25. The summed E-state index contributed by atoms with van der Waals surface area (Å²) in [6, 6.07) is -0.697. The van der Waals surface area contributed by atoms with Crippen molar-refractivity contribution in [3.05, 3.63) is 18.2 Å². The van der Waals surface area contributed by atoms with Gasteiger partial charge in [0.15, 0.2) is 0 Å². The summed E-state index contributed by atoms with van der Waals surface area (Å²) in [5.74, 6) is -0.920. The smallest absolute Gasteiger partial charge is 0.326 e. The molecule has 0 saturated heterocycles. The fourth-order valence-corrected chi connectivity index (χ4v) is 0.837. The molecular formula is C6H9N3O2. The van der Waals surface area contributed by atoms with E-state index < -0.39 is 12.0 Å². The number of hydrogen-bond acceptors (Lipinski definition) is 3. The summed E-state index contributed by atoms with van der Waals surface area (Å²) in [4.78, 5) is 16.9. The third-order valence-electron chi connectivity index (χ3n) is 1.37. The van der Waals surface area contributed by atoms with E-state index in [4.69, 9.17) is 5.11 Å². The molecule has 0 aromatic carbocycles. The molecule has 5 nitrogen and oxygen atoms in total. The SMILES string of the molecule is CN[C@H](C(=O)O)c1cnc[nH]1. The van der Waals surface area contributed by atoms with Crippen molar-refractivity contribution in [3.63, 3.8) is 0 Å². The Kier molecular flexibility index (Phi) is 2.22. The Morgan fingerprint density at radius 3 is 3.00 bits per heavy atom. The van der Waals surface area contributed by atoms with Crippen LogP contribution in [0, 0.1) is 0 Å². The van der Waals surface area contributed by atoms with Crippen molar-refractivity contribution < 1.29 is 9.90 Å². The molecule has 0 radical (unpaired) electrons. The number of nitrogens with zero attached hydrogens (tertiary/aromatic N) is 1. The van der Waals surface area contributed by atoms with E-state index in [-0.39, 0.29) is 0 Å². The minimum atomic E-state index is -0.920. The molecule has 0 aliphatic heterocycles. The van der Waals surface area contributed by atoms with Gasteiger partial charge in [-0.15, -0.1) is 0 Å². The molecule has 1 rings (SSSR count). The van der Waals surface area contributed by atoms with Crippen molar-refractivity contribution >= 4 is 5.97 Å². The van der Waals surface area contributed by atoms with Crippen LogP contribution in [0.3, 0.4) is 0 Å². The van der Waals surface area contributed by atoms with Crippen LogP contribution in [-0.4, -0.2) is 28.1 Å². The van der Waals surface area contributed by atoms with E-state index in [0.717, 1.165) is 0 Å². The molecule has 0 bridgehead atoms. The molecule has 0 aliphatic carbocycles. The molecule has 0 unspecified atom stereocenters. The number of nitrogens with one attached hydrogen (secondary N) is 2. The molecule has 1 aromatic heterocycles. The highest BCUT2D eigenvalue weighted by Gasteiger charge is 2.17. The molecule has 0 amide bonds. The van der Waals surface area contributed by atoms with Gasteiger partial charge in [-0.25, -0.2) is 4.98 Å². The maximum absolute atomic E-state index is 10.5. The van der Waals surface area contributed by atoms with Crippen molar-refractivity contribution in [1.29, 1.82) is 0 Å². The Bertz CT molecular complexity index is 232. The van der Waals surface area contributed by atoms with E-state index in [1.54, 1.807) is 7.05 Å². The van der Waals surface area contributed by atoms with Gasteiger partial charge >= 0.3 is 5.97 Å². The molecule has 0 aliphatic rings. The van der Waals surface area contributed by atoms with E-state index in [2.05, 4.69) is 15.3 Å². The fourth-order valence-electron chi connectivity index (χ4n) is 0.837. The zero-order chi connectivity index (χ0) is 8.27. The highest BCUT2D eigenvalue weighted by molar-refractivity contribution is 5.74. The number of aliphatic carboxylic acids is 1. The lowest BCUT2D eigenvalue weighted by molar-refractivity contribution is -0.139. The van der Waals surface area contributed by atoms with E-state index in [1.165, 1.54) is 12.5 Å². The lowest BCUT2D eigenvalue weighted by atomic mass is 10.2. The normalized spacial score (nSPS) is 12.8. The molecule has 1 heterocycles. The second kappa shape index (κ2) is 3.16. The predicted molar refractivity (Wildman–Crippen MR) is 38.0 cm³/mol. The average Bonchev–Trinajstić information content (AvgIpc) is 2.40.